The van der Waals surface area contributed by atoms with Crippen molar-refractivity contribution < 1.29 is 42.5 Å². The van der Waals surface area contributed by atoms with Gasteiger partial charge in [0.2, 0.25) is 0 Å². The van der Waals surface area contributed by atoms with E-state index in [1.165, 1.54) is 6.92 Å². The number of allylic oxidation sites excluding steroid dienone is 1. The van der Waals surface area contributed by atoms with Gasteiger partial charge < -0.3 is 6.42 Å². The first-order valence-corrected chi connectivity index (χ1v) is 4.92. The van der Waals surface area contributed by atoms with Crippen LogP contribution in [-0.2, 0) is 10.1 Å². The van der Waals surface area contributed by atoms with Crippen molar-refractivity contribution in [3.63, 3.8) is 0 Å². The molecule has 5 heteroatoms. The molecule has 0 aliphatic rings. The topological polar surface area (TPSA) is 54.4 Å². The van der Waals surface area contributed by atoms with Crippen LogP contribution in [0.1, 0.15) is 20.3 Å². The van der Waals surface area contributed by atoms with E-state index >= 15 is 0 Å². The van der Waals surface area contributed by atoms with Gasteiger partial charge in [-0.25, -0.2) is 0 Å². The van der Waals surface area contributed by atoms with Crippen molar-refractivity contribution in [2.45, 2.75) is 20.3 Å². The third-order valence-electron chi connectivity index (χ3n) is 0.767. The van der Waals surface area contributed by atoms with E-state index in [1.54, 1.807) is 0 Å². The van der Waals surface area contributed by atoms with Crippen LogP contribution in [0.3, 0.4) is 0 Å². The Labute approximate surface area is 97.3 Å². The summed E-state index contributed by atoms with van der Waals surface area (Å²) in [4.78, 5) is 0. The minimum Gasteiger partial charge on any atom is -0.328 e. The molecular formula is C7H15NaO3S. The molecule has 0 bridgehead atoms. The van der Waals surface area contributed by atoms with Crippen LogP contribution in [0.25, 0.3) is 0 Å². The Morgan fingerprint density at radius 1 is 1.58 bits per heavy atom. The van der Waals surface area contributed by atoms with Gasteiger partial charge in [-0.05, 0) is 6.92 Å². The van der Waals surface area contributed by atoms with Crippen molar-refractivity contribution >= 4 is 10.1 Å². The summed E-state index contributed by atoms with van der Waals surface area (Å²) in [6.07, 6.45) is 4.97. The molecule has 0 saturated carbocycles. The fourth-order valence-corrected chi connectivity index (χ4v) is 0.167. The molecule has 0 radical (unpaired) electrons. The Balaban J connectivity index is -0.000000126. The average Bonchev–Trinajstić information content (AvgIpc) is 1.90. The molecule has 0 saturated heterocycles. The smallest absolute Gasteiger partial charge is 0.328 e. The summed E-state index contributed by atoms with van der Waals surface area (Å²) in [6, 6.07) is 0. The monoisotopic (exact) mass is 202 g/mol. The molecule has 0 aliphatic heterocycles. The Kier molecular flexibility index (Phi) is 17.9. The van der Waals surface area contributed by atoms with Crippen molar-refractivity contribution in [1.29, 1.82) is 0 Å². The Hall–Kier alpha value is 0.650. The molecule has 0 fully saturated rings. The maximum absolute atomic E-state index is 9.56. The van der Waals surface area contributed by atoms with Gasteiger partial charge in [-0.15, -0.1) is 12.7 Å². The van der Waals surface area contributed by atoms with Gasteiger partial charge in [0.25, 0.3) is 10.1 Å². The van der Waals surface area contributed by atoms with Crippen LogP contribution >= 0.6 is 0 Å². The Bertz CT molecular complexity index is 175. The van der Waals surface area contributed by atoms with Gasteiger partial charge in [0, 0.05) is 0 Å². The van der Waals surface area contributed by atoms with E-state index in [9.17, 15) is 8.42 Å². The standard InChI is InChI=1S/C5H9.C2H6O3S.Na/c1-3-5-4-2;1-2-6(3,4)5;/h3-4H,1,5H2,2H3;2H2,1H3,(H,3,4,5);/q-1;;+1. The summed E-state index contributed by atoms with van der Waals surface area (Å²) in [7, 11) is -3.66. The van der Waals surface area contributed by atoms with Crippen LogP contribution in [0.2, 0.25) is 0 Å². The summed E-state index contributed by atoms with van der Waals surface area (Å²) >= 11 is 0. The summed E-state index contributed by atoms with van der Waals surface area (Å²) in [5.41, 5.74) is 0. The van der Waals surface area contributed by atoms with Crippen LogP contribution in [-0.4, -0.2) is 18.7 Å². The van der Waals surface area contributed by atoms with Crippen molar-refractivity contribution in [3.05, 3.63) is 19.1 Å². The number of hydrogen-bond donors (Lipinski definition) is 1. The summed E-state index contributed by atoms with van der Waals surface area (Å²) in [6.45, 7) is 6.91. The third-order valence-corrected chi connectivity index (χ3v) is 1.50. The number of rotatable bonds is 3. The molecule has 0 aromatic carbocycles. The largest absolute Gasteiger partial charge is 1.00 e. The van der Waals surface area contributed by atoms with Crippen molar-refractivity contribution in [2.24, 2.45) is 0 Å². The summed E-state index contributed by atoms with van der Waals surface area (Å²) < 4.78 is 26.9. The summed E-state index contributed by atoms with van der Waals surface area (Å²) in [5.74, 6) is -0.201. The molecular weight excluding hydrogens is 187 g/mol. The molecule has 3 nitrogen and oxygen atoms in total. The first-order valence-electron chi connectivity index (χ1n) is 3.31. The van der Waals surface area contributed by atoms with Crippen LogP contribution in [0.4, 0.5) is 0 Å². The van der Waals surface area contributed by atoms with Crippen LogP contribution in [0.5, 0.6) is 0 Å². The van der Waals surface area contributed by atoms with Gasteiger partial charge in [0.1, 0.15) is 0 Å². The zero-order chi connectivity index (χ0) is 9.33. The van der Waals surface area contributed by atoms with Crippen molar-refractivity contribution in [2.75, 3.05) is 5.75 Å². The van der Waals surface area contributed by atoms with Gasteiger partial charge in [0.15, 0.2) is 0 Å². The predicted molar refractivity (Wildman–Crippen MR) is 46.9 cm³/mol. The molecule has 0 spiro atoms. The zero-order valence-corrected chi connectivity index (χ0v) is 10.8. The van der Waals surface area contributed by atoms with E-state index in [-0.39, 0.29) is 35.3 Å². The second kappa shape index (κ2) is 11.6. The van der Waals surface area contributed by atoms with Gasteiger partial charge in [-0.3, -0.25) is 4.55 Å². The maximum atomic E-state index is 9.56. The second-order valence-electron chi connectivity index (χ2n) is 1.80. The normalized spacial score (nSPS) is 8.92. The van der Waals surface area contributed by atoms with Crippen molar-refractivity contribution in [1.82, 2.24) is 0 Å². The summed E-state index contributed by atoms with van der Waals surface area (Å²) in [5, 5.41) is 0. The zero-order valence-electron chi connectivity index (χ0n) is 7.95. The molecule has 0 heterocycles. The SMILES string of the molecule is C=CC[CH-]C.CCS(=O)(=O)O.[Na+]. The molecule has 68 valence electrons. The molecule has 0 atom stereocenters. The van der Waals surface area contributed by atoms with E-state index in [2.05, 4.69) is 13.0 Å². The minimum absolute atomic E-state index is 0. The fraction of sp³-hybridized carbons (Fsp3) is 0.571. The maximum Gasteiger partial charge on any atom is 1.00 e. The molecule has 0 unspecified atom stereocenters. The van der Waals surface area contributed by atoms with Gasteiger partial charge in [-0.1, -0.05) is 0 Å². The molecule has 12 heavy (non-hydrogen) atoms. The molecule has 0 amide bonds. The number of unbranched alkanes of at least 4 members (excludes halogenated alkanes) is 1. The van der Waals surface area contributed by atoms with Crippen LogP contribution in [0, 0.1) is 6.42 Å². The Morgan fingerprint density at radius 3 is 1.92 bits per heavy atom. The average molecular weight is 202 g/mol. The second-order valence-corrected chi connectivity index (χ2v) is 3.54. The van der Waals surface area contributed by atoms with Gasteiger partial charge >= 0.3 is 29.6 Å². The van der Waals surface area contributed by atoms with E-state index in [0.29, 0.717) is 0 Å². The Morgan fingerprint density at radius 2 is 1.92 bits per heavy atom. The minimum atomic E-state index is -3.66. The molecule has 1 N–H and O–H groups in total. The first-order chi connectivity index (χ1) is 4.97. The van der Waals surface area contributed by atoms with E-state index in [1.807, 2.05) is 13.0 Å². The van der Waals surface area contributed by atoms with Gasteiger partial charge in [-0.2, -0.15) is 21.8 Å². The van der Waals surface area contributed by atoms with Crippen LogP contribution < -0.4 is 29.6 Å². The van der Waals surface area contributed by atoms with Crippen LogP contribution in [0.15, 0.2) is 12.7 Å². The van der Waals surface area contributed by atoms with E-state index in [0.717, 1.165) is 6.42 Å². The molecule has 0 aromatic rings. The first kappa shape index (κ1) is 18.4. The van der Waals surface area contributed by atoms with E-state index < -0.39 is 10.1 Å². The molecule has 0 rings (SSSR count). The van der Waals surface area contributed by atoms with Gasteiger partial charge in [0.05, 0.1) is 5.75 Å². The number of hydrogen-bond acceptors (Lipinski definition) is 2. The quantitative estimate of drug-likeness (QED) is 0.267. The van der Waals surface area contributed by atoms with E-state index in [4.69, 9.17) is 4.55 Å². The third kappa shape index (κ3) is 31.1. The molecule has 0 aromatic heterocycles. The van der Waals surface area contributed by atoms with Crippen molar-refractivity contribution in [3.8, 4) is 0 Å². The predicted octanol–water partition coefficient (Wildman–Crippen LogP) is -1.32. The fourth-order valence-electron chi connectivity index (χ4n) is 0.167. The molecule has 0 aliphatic carbocycles.